The van der Waals surface area contributed by atoms with Crippen molar-refractivity contribution in [2.75, 3.05) is 19.3 Å². The monoisotopic (exact) mass is 207 g/mol. The molecule has 13 heavy (non-hydrogen) atoms. The highest BCUT2D eigenvalue weighted by atomic mass is 32.2. The van der Waals surface area contributed by atoms with Gasteiger partial charge in [-0.25, -0.2) is 4.79 Å². The SMILES string of the molecule is CCN(CC(=O)O)C(SC)C(=O)O. The number of rotatable bonds is 6. The van der Waals surface area contributed by atoms with Gasteiger partial charge in [0.15, 0.2) is 5.37 Å². The van der Waals surface area contributed by atoms with Crippen molar-refractivity contribution in [3.05, 3.63) is 0 Å². The second-order valence-corrected chi connectivity index (χ2v) is 3.30. The van der Waals surface area contributed by atoms with Crippen LogP contribution in [0.1, 0.15) is 6.92 Å². The van der Waals surface area contributed by atoms with E-state index in [-0.39, 0.29) is 6.54 Å². The first-order valence-electron chi connectivity index (χ1n) is 3.74. The molecule has 0 aliphatic rings. The molecule has 1 atom stereocenters. The Morgan fingerprint density at radius 3 is 2.23 bits per heavy atom. The van der Waals surface area contributed by atoms with Crippen LogP contribution in [0.5, 0.6) is 0 Å². The molecule has 0 fully saturated rings. The van der Waals surface area contributed by atoms with Crippen molar-refractivity contribution in [3.8, 4) is 0 Å². The quantitative estimate of drug-likeness (QED) is 0.604. The van der Waals surface area contributed by atoms with Gasteiger partial charge in [-0.1, -0.05) is 6.92 Å². The number of thioether (sulfide) groups is 1. The van der Waals surface area contributed by atoms with Crippen LogP contribution in [0.2, 0.25) is 0 Å². The minimum atomic E-state index is -1.01. The van der Waals surface area contributed by atoms with Crippen LogP contribution in [0, 0.1) is 0 Å². The van der Waals surface area contributed by atoms with Crippen LogP contribution in [-0.2, 0) is 9.59 Å². The van der Waals surface area contributed by atoms with Crippen LogP contribution in [0.25, 0.3) is 0 Å². The topological polar surface area (TPSA) is 77.8 Å². The molecule has 0 heterocycles. The molecule has 0 amide bonds. The zero-order valence-electron chi connectivity index (χ0n) is 7.56. The van der Waals surface area contributed by atoms with Gasteiger partial charge in [0.2, 0.25) is 0 Å². The second-order valence-electron chi connectivity index (χ2n) is 2.38. The van der Waals surface area contributed by atoms with Gasteiger partial charge >= 0.3 is 11.9 Å². The Balaban J connectivity index is 4.33. The van der Waals surface area contributed by atoms with E-state index in [2.05, 4.69) is 0 Å². The first-order valence-corrected chi connectivity index (χ1v) is 5.03. The standard InChI is InChI=1S/C7H13NO4S/c1-3-8(4-5(9)10)6(13-2)7(11)12/h6H,3-4H2,1-2H3,(H,9,10)(H,11,12). The summed E-state index contributed by atoms with van der Waals surface area (Å²) in [6.07, 6.45) is 1.64. The average molecular weight is 207 g/mol. The fourth-order valence-electron chi connectivity index (χ4n) is 0.940. The van der Waals surface area contributed by atoms with Crippen LogP contribution in [-0.4, -0.2) is 51.8 Å². The van der Waals surface area contributed by atoms with E-state index in [1.165, 1.54) is 4.90 Å². The molecule has 76 valence electrons. The Morgan fingerprint density at radius 2 is 2.00 bits per heavy atom. The number of aliphatic carboxylic acids is 2. The van der Waals surface area contributed by atoms with Gasteiger partial charge in [-0.2, -0.15) is 0 Å². The molecule has 0 aromatic rings. The van der Waals surface area contributed by atoms with Gasteiger partial charge in [0.05, 0.1) is 6.54 Å². The van der Waals surface area contributed by atoms with Gasteiger partial charge in [-0.3, -0.25) is 9.69 Å². The number of carbonyl (C=O) groups is 2. The molecular weight excluding hydrogens is 194 g/mol. The predicted molar refractivity (Wildman–Crippen MR) is 49.8 cm³/mol. The summed E-state index contributed by atoms with van der Waals surface area (Å²) in [4.78, 5) is 22.4. The normalized spacial score (nSPS) is 12.8. The summed E-state index contributed by atoms with van der Waals surface area (Å²) in [6, 6.07) is 0. The maximum atomic E-state index is 10.7. The van der Waals surface area contributed by atoms with E-state index in [1.54, 1.807) is 13.2 Å². The summed E-state index contributed by atoms with van der Waals surface area (Å²) < 4.78 is 0. The fraction of sp³-hybridized carbons (Fsp3) is 0.714. The van der Waals surface area contributed by atoms with E-state index in [9.17, 15) is 9.59 Å². The van der Waals surface area contributed by atoms with E-state index in [4.69, 9.17) is 10.2 Å². The lowest BCUT2D eigenvalue weighted by Crippen LogP contribution is -2.41. The average Bonchev–Trinajstić information content (AvgIpc) is 2.02. The highest BCUT2D eigenvalue weighted by Crippen LogP contribution is 2.11. The molecular formula is C7H13NO4S. The lowest BCUT2D eigenvalue weighted by Gasteiger charge is -2.23. The molecule has 0 aliphatic heterocycles. The molecule has 5 nitrogen and oxygen atoms in total. The van der Waals surface area contributed by atoms with Crippen molar-refractivity contribution in [1.82, 2.24) is 4.90 Å². The Labute approximate surface area is 80.7 Å². The van der Waals surface area contributed by atoms with Gasteiger partial charge in [-0.15, -0.1) is 11.8 Å². The highest BCUT2D eigenvalue weighted by molar-refractivity contribution is 7.99. The molecule has 0 saturated carbocycles. The van der Waals surface area contributed by atoms with Gasteiger partial charge in [0.1, 0.15) is 0 Å². The minimum Gasteiger partial charge on any atom is -0.480 e. The molecule has 0 bridgehead atoms. The maximum Gasteiger partial charge on any atom is 0.331 e. The lowest BCUT2D eigenvalue weighted by atomic mass is 10.4. The number of likely N-dealkylation sites (N-methyl/N-ethyl adjacent to an activating group) is 1. The lowest BCUT2D eigenvalue weighted by molar-refractivity contribution is -0.142. The molecule has 0 aromatic carbocycles. The first kappa shape index (κ1) is 12.2. The van der Waals surface area contributed by atoms with Crippen LogP contribution >= 0.6 is 11.8 Å². The van der Waals surface area contributed by atoms with Crippen LogP contribution in [0.4, 0.5) is 0 Å². The van der Waals surface area contributed by atoms with Crippen molar-refractivity contribution < 1.29 is 19.8 Å². The molecule has 0 aromatic heterocycles. The summed E-state index contributed by atoms with van der Waals surface area (Å²) in [5, 5.41) is 16.5. The Hall–Kier alpha value is -0.750. The predicted octanol–water partition coefficient (Wildman–Crippen LogP) is 0.167. The van der Waals surface area contributed by atoms with E-state index in [0.29, 0.717) is 6.54 Å². The van der Waals surface area contributed by atoms with E-state index >= 15 is 0 Å². The molecule has 6 heteroatoms. The van der Waals surface area contributed by atoms with Crippen molar-refractivity contribution in [2.45, 2.75) is 12.3 Å². The Bertz CT molecular complexity index is 197. The van der Waals surface area contributed by atoms with Crippen molar-refractivity contribution in [3.63, 3.8) is 0 Å². The van der Waals surface area contributed by atoms with Crippen molar-refractivity contribution >= 4 is 23.7 Å². The first-order chi connectivity index (χ1) is 6.02. The Kier molecular flexibility index (Phi) is 5.48. The maximum absolute atomic E-state index is 10.7. The summed E-state index contributed by atoms with van der Waals surface area (Å²) in [5.74, 6) is -2.02. The highest BCUT2D eigenvalue weighted by Gasteiger charge is 2.24. The van der Waals surface area contributed by atoms with Crippen LogP contribution < -0.4 is 0 Å². The molecule has 0 saturated heterocycles. The number of carboxylic acid groups (broad SMARTS) is 2. The number of hydrogen-bond donors (Lipinski definition) is 2. The molecule has 0 spiro atoms. The third kappa shape index (κ3) is 4.14. The number of nitrogens with zero attached hydrogens (tertiary/aromatic N) is 1. The van der Waals surface area contributed by atoms with E-state index in [0.717, 1.165) is 11.8 Å². The molecule has 0 radical (unpaired) electrons. The molecule has 0 rings (SSSR count). The third-order valence-corrected chi connectivity index (χ3v) is 2.46. The number of hydrogen-bond acceptors (Lipinski definition) is 4. The zero-order chi connectivity index (χ0) is 10.4. The zero-order valence-corrected chi connectivity index (χ0v) is 8.37. The molecule has 0 aliphatic carbocycles. The smallest absolute Gasteiger partial charge is 0.331 e. The van der Waals surface area contributed by atoms with Crippen LogP contribution in [0.3, 0.4) is 0 Å². The third-order valence-electron chi connectivity index (χ3n) is 1.51. The summed E-state index contributed by atoms with van der Waals surface area (Å²) in [5.41, 5.74) is 0. The molecule has 1 unspecified atom stereocenters. The second kappa shape index (κ2) is 5.82. The van der Waals surface area contributed by atoms with Crippen molar-refractivity contribution in [1.29, 1.82) is 0 Å². The van der Waals surface area contributed by atoms with Gasteiger partial charge in [-0.05, 0) is 12.8 Å². The van der Waals surface area contributed by atoms with Crippen molar-refractivity contribution in [2.24, 2.45) is 0 Å². The number of carboxylic acids is 2. The Morgan fingerprint density at radius 1 is 1.46 bits per heavy atom. The van der Waals surface area contributed by atoms with Gasteiger partial charge in [0.25, 0.3) is 0 Å². The van der Waals surface area contributed by atoms with Gasteiger partial charge < -0.3 is 10.2 Å². The minimum absolute atomic E-state index is 0.242. The summed E-state index contributed by atoms with van der Waals surface area (Å²) >= 11 is 1.12. The summed E-state index contributed by atoms with van der Waals surface area (Å²) in [7, 11) is 0. The summed E-state index contributed by atoms with van der Waals surface area (Å²) in [6.45, 7) is 1.90. The molecule has 2 N–H and O–H groups in total. The van der Waals surface area contributed by atoms with Gasteiger partial charge in [0, 0.05) is 0 Å². The van der Waals surface area contributed by atoms with E-state index < -0.39 is 17.3 Å². The fourth-order valence-corrected chi connectivity index (χ4v) is 1.66. The van der Waals surface area contributed by atoms with Crippen LogP contribution in [0.15, 0.2) is 0 Å². The van der Waals surface area contributed by atoms with E-state index in [1.807, 2.05) is 0 Å². The largest absolute Gasteiger partial charge is 0.480 e.